The highest BCUT2D eigenvalue weighted by atomic mass is 35.5. The van der Waals surface area contributed by atoms with E-state index in [4.69, 9.17) is 32.9 Å². The molecular weight excluding hydrogens is 639 g/mol. The van der Waals surface area contributed by atoms with Gasteiger partial charge in [0.2, 0.25) is 11.9 Å². The summed E-state index contributed by atoms with van der Waals surface area (Å²) in [4.78, 5) is 41.7. The van der Waals surface area contributed by atoms with Crippen molar-refractivity contribution in [3.8, 4) is 5.82 Å². The van der Waals surface area contributed by atoms with Crippen LogP contribution in [0.25, 0.3) is 5.82 Å². The number of nitrogens with zero attached hydrogens (tertiary/aromatic N) is 5. The van der Waals surface area contributed by atoms with E-state index < -0.39 is 11.6 Å². The molecule has 0 bridgehead atoms. The van der Waals surface area contributed by atoms with Crippen LogP contribution in [0.5, 0.6) is 0 Å². The summed E-state index contributed by atoms with van der Waals surface area (Å²) in [6.45, 7) is 7.51. The minimum atomic E-state index is -0.605. The molecule has 0 unspecified atom stereocenters. The molecule has 4 aromatic rings. The first-order valence-corrected chi connectivity index (χ1v) is 16.4. The quantitative estimate of drug-likeness (QED) is 0.160. The number of imidazole rings is 1. The number of halogens is 2. The van der Waals surface area contributed by atoms with Crippen molar-refractivity contribution < 1.29 is 14.3 Å². The van der Waals surface area contributed by atoms with E-state index in [1.165, 1.54) is 0 Å². The minimum absolute atomic E-state index is 0.161. The summed E-state index contributed by atoms with van der Waals surface area (Å²) >= 11 is 12.2. The lowest BCUT2D eigenvalue weighted by molar-refractivity contribution is -0.122. The zero-order valence-corrected chi connectivity index (χ0v) is 28.3. The number of ether oxygens (including phenoxy) is 1. The minimum Gasteiger partial charge on any atom is -0.444 e. The first kappa shape index (κ1) is 34.0. The van der Waals surface area contributed by atoms with Gasteiger partial charge in [-0.1, -0.05) is 47.5 Å². The highest BCUT2D eigenvalue weighted by Crippen LogP contribution is 2.26. The second-order valence-electron chi connectivity index (χ2n) is 12.6. The second kappa shape index (κ2) is 15.5. The summed E-state index contributed by atoms with van der Waals surface area (Å²) in [7, 11) is 0. The third kappa shape index (κ3) is 10.3. The molecule has 47 heavy (non-hydrogen) atoms. The van der Waals surface area contributed by atoms with Gasteiger partial charge in [0.05, 0.1) is 0 Å². The number of carbonyl (C=O) groups is 2. The van der Waals surface area contributed by atoms with Crippen molar-refractivity contribution in [3.05, 3.63) is 94.5 Å². The van der Waals surface area contributed by atoms with Crippen LogP contribution in [0.15, 0.2) is 73.3 Å². The smallest absolute Gasteiger partial charge is 0.410 e. The number of anilines is 2. The third-order valence-corrected chi connectivity index (χ3v) is 8.16. The van der Waals surface area contributed by atoms with E-state index in [1.807, 2.05) is 57.2 Å². The molecule has 248 valence electrons. The molecular formula is C34H40Cl2N8O3. The average Bonchev–Trinajstić information content (AvgIpc) is 3.58. The Hall–Kier alpha value is -4.35. The van der Waals surface area contributed by atoms with Crippen molar-refractivity contribution in [2.24, 2.45) is 5.92 Å². The van der Waals surface area contributed by atoms with Crippen LogP contribution >= 0.6 is 23.2 Å². The number of amides is 2. The van der Waals surface area contributed by atoms with E-state index in [0.717, 1.165) is 24.0 Å². The number of likely N-dealkylation sites (tertiary alicyclic amines) is 1. The van der Waals surface area contributed by atoms with Gasteiger partial charge in [-0.05, 0) is 81.3 Å². The summed E-state index contributed by atoms with van der Waals surface area (Å²) in [6.07, 6.45) is 6.85. The molecule has 2 amide bonds. The molecule has 3 N–H and O–H groups in total. The van der Waals surface area contributed by atoms with Gasteiger partial charge < -0.3 is 25.6 Å². The molecule has 0 saturated carbocycles. The van der Waals surface area contributed by atoms with Crippen LogP contribution in [0.3, 0.4) is 0 Å². The van der Waals surface area contributed by atoms with E-state index in [0.29, 0.717) is 60.2 Å². The Morgan fingerprint density at radius 1 is 0.979 bits per heavy atom. The van der Waals surface area contributed by atoms with E-state index in [9.17, 15) is 9.59 Å². The molecule has 0 spiro atoms. The van der Waals surface area contributed by atoms with Crippen LogP contribution in [0.2, 0.25) is 10.0 Å². The van der Waals surface area contributed by atoms with E-state index in [-0.39, 0.29) is 17.9 Å². The maximum Gasteiger partial charge on any atom is 0.410 e. The van der Waals surface area contributed by atoms with Gasteiger partial charge in [0.15, 0.2) is 0 Å². The van der Waals surface area contributed by atoms with Crippen molar-refractivity contribution in [3.63, 3.8) is 0 Å². The van der Waals surface area contributed by atoms with Gasteiger partial charge in [-0.15, -0.1) is 0 Å². The Kier molecular flexibility index (Phi) is 11.2. The Balaban J connectivity index is 1.33. The topological polar surface area (TPSA) is 126 Å². The van der Waals surface area contributed by atoms with Gasteiger partial charge in [0.1, 0.15) is 29.6 Å². The molecule has 1 aliphatic rings. The molecule has 0 aliphatic carbocycles. The largest absolute Gasteiger partial charge is 0.444 e. The number of nitrogens with one attached hydrogen (secondary N) is 3. The number of aromatic nitrogens is 4. The van der Waals surface area contributed by atoms with E-state index in [1.54, 1.807) is 46.4 Å². The molecule has 1 aliphatic heterocycles. The second-order valence-corrected chi connectivity index (χ2v) is 13.4. The standard InChI is InChI=1S/C34H40Cl2N8O3/c1-34(2,3)47-33(46)43-14-11-23(12-15-43)18-28(31(45)38-20-24-7-9-26(35)10-8-24)40-29-19-30(44-16-13-37-22-44)42-32(41-29)39-21-25-5-4-6-27(36)17-25/h4-10,13,16-17,19,22-23,28H,11-12,14-15,18,20-21H2,1-3H3,(H,38,45)(H2,39,40,41,42)/t28-/m1/s1. The monoisotopic (exact) mass is 678 g/mol. The first-order chi connectivity index (χ1) is 22.5. The van der Waals surface area contributed by atoms with Crippen LogP contribution in [-0.4, -0.2) is 61.2 Å². The molecule has 2 aromatic heterocycles. The fraction of sp³-hybridized carbons (Fsp3) is 0.382. The summed E-state index contributed by atoms with van der Waals surface area (Å²) in [5, 5.41) is 11.0. The lowest BCUT2D eigenvalue weighted by Gasteiger charge is -2.34. The van der Waals surface area contributed by atoms with Crippen LogP contribution in [0.1, 0.15) is 51.2 Å². The van der Waals surface area contributed by atoms with Gasteiger partial charge in [-0.25, -0.2) is 9.78 Å². The fourth-order valence-corrected chi connectivity index (χ4v) is 5.62. The SMILES string of the molecule is CC(C)(C)OC(=O)N1CCC(C[C@@H](Nc2cc(-n3ccnc3)nc(NCc3cccc(Cl)c3)n2)C(=O)NCc2ccc(Cl)cc2)CC1. The molecule has 1 fully saturated rings. The average molecular weight is 680 g/mol. The van der Waals surface area contributed by atoms with Crippen molar-refractivity contribution in [2.45, 2.75) is 64.8 Å². The maximum atomic E-state index is 13.8. The summed E-state index contributed by atoms with van der Waals surface area (Å²) < 4.78 is 7.35. The summed E-state index contributed by atoms with van der Waals surface area (Å²) in [5.41, 5.74) is 1.35. The molecule has 5 rings (SSSR count). The van der Waals surface area contributed by atoms with Crippen LogP contribution in [0, 0.1) is 5.92 Å². The Bertz CT molecular complexity index is 1640. The normalized spacial score (nSPS) is 14.4. The zero-order valence-electron chi connectivity index (χ0n) is 26.7. The van der Waals surface area contributed by atoms with Crippen molar-refractivity contribution >= 4 is 47.0 Å². The van der Waals surface area contributed by atoms with E-state index >= 15 is 0 Å². The molecule has 3 heterocycles. The molecule has 1 saturated heterocycles. The molecule has 1 atom stereocenters. The molecule has 13 heteroatoms. The van der Waals surface area contributed by atoms with Crippen LogP contribution < -0.4 is 16.0 Å². The van der Waals surface area contributed by atoms with Gasteiger partial charge >= 0.3 is 6.09 Å². The lowest BCUT2D eigenvalue weighted by Crippen LogP contribution is -2.44. The van der Waals surface area contributed by atoms with Crippen molar-refractivity contribution in [1.29, 1.82) is 0 Å². The van der Waals surface area contributed by atoms with Crippen LogP contribution in [0.4, 0.5) is 16.6 Å². The highest BCUT2D eigenvalue weighted by Gasteiger charge is 2.30. The van der Waals surface area contributed by atoms with Gasteiger partial charge in [-0.2, -0.15) is 9.97 Å². The number of hydrogen-bond acceptors (Lipinski definition) is 8. The van der Waals surface area contributed by atoms with Crippen molar-refractivity contribution in [2.75, 3.05) is 23.7 Å². The third-order valence-electron chi connectivity index (χ3n) is 7.68. The molecule has 2 aromatic carbocycles. The first-order valence-electron chi connectivity index (χ1n) is 15.6. The predicted octanol–water partition coefficient (Wildman–Crippen LogP) is 6.72. The van der Waals surface area contributed by atoms with Gasteiger partial charge in [0, 0.05) is 54.7 Å². The number of rotatable bonds is 11. The van der Waals surface area contributed by atoms with Gasteiger partial charge in [-0.3, -0.25) is 9.36 Å². The van der Waals surface area contributed by atoms with Gasteiger partial charge in [0.25, 0.3) is 0 Å². The lowest BCUT2D eigenvalue weighted by atomic mass is 9.90. The number of piperidine rings is 1. The molecule has 0 radical (unpaired) electrons. The van der Waals surface area contributed by atoms with Crippen LogP contribution in [-0.2, 0) is 22.6 Å². The highest BCUT2D eigenvalue weighted by molar-refractivity contribution is 6.30. The Morgan fingerprint density at radius 2 is 1.74 bits per heavy atom. The summed E-state index contributed by atoms with van der Waals surface area (Å²) in [6, 6.07) is 16.1. The number of hydrogen-bond donors (Lipinski definition) is 3. The Morgan fingerprint density at radius 3 is 2.43 bits per heavy atom. The number of carbonyl (C=O) groups excluding carboxylic acids is 2. The van der Waals surface area contributed by atoms with Crippen molar-refractivity contribution in [1.82, 2.24) is 29.7 Å². The Labute approximate surface area is 285 Å². The molecule has 11 nitrogen and oxygen atoms in total. The fourth-order valence-electron chi connectivity index (χ4n) is 5.28. The zero-order chi connectivity index (χ0) is 33.4. The number of benzene rings is 2. The maximum absolute atomic E-state index is 13.8. The summed E-state index contributed by atoms with van der Waals surface area (Å²) in [5.74, 6) is 1.48. The van der Waals surface area contributed by atoms with E-state index in [2.05, 4.69) is 25.9 Å². The predicted molar refractivity (Wildman–Crippen MR) is 184 cm³/mol.